The molecular formula is C15H23FN4O. The Morgan fingerprint density at radius 3 is 3.05 bits per heavy atom. The molecule has 0 saturated heterocycles. The third-order valence-corrected chi connectivity index (χ3v) is 4.15. The number of nitrogen functional groups attached to an aromatic ring is 1. The molecule has 116 valence electrons. The van der Waals surface area contributed by atoms with Crippen LogP contribution in [-0.2, 0) is 0 Å². The highest BCUT2D eigenvalue weighted by molar-refractivity contribution is 5.95. The second-order valence-electron chi connectivity index (χ2n) is 5.85. The number of carbonyl (C=O) groups excluding carboxylic acids is 1. The highest BCUT2D eigenvalue weighted by Gasteiger charge is 2.19. The number of hydrogen-bond donors (Lipinski definition) is 3. The topological polar surface area (TPSA) is 80.0 Å². The van der Waals surface area contributed by atoms with E-state index < -0.39 is 11.7 Å². The molecular weight excluding hydrogens is 271 g/mol. The van der Waals surface area contributed by atoms with Gasteiger partial charge in [0.25, 0.3) is 5.91 Å². The Balaban J connectivity index is 1.84. The Labute approximate surface area is 124 Å². The van der Waals surface area contributed by atoms with Crippen molar-refractivity contribution in [3.05, 3.63) is 23.6 Å². The van der Waals surface area contributed by atoms with Crippen LogP contribution in [0.1, 0.15) is 49.4 Å². The summed E-state index contributed by atoms with van der Waals surface area (Å²) in [6.07, 6.45) is 7.33. The highest BCUT2D eigenvalue weighted by Crippen LogP contribution is 2.30. The molecule has 2 atom stereocenters. The van der Waals surface area contributed by atoms with E-state index in [0.29, 0.717) is 12.5 Å². The minimum absolute atomic E-state index is 0.0324. The monoisotopic (exact) mass is 294 g/mol. The number of hydrazine groups is 1. The fourth-order valence-corrected chi connectivity index (χ4v) is 3.03. The van der Waals surface area contributed by atoms with Crippen LogP contribution >= 0.6 is 0 Å². The lowest BCUT2D eigenvalue weighted by atomic mass is 9.81. The van der Waals surface area contributed by atoms with E-state index in [-0.39, 0.29) is 11.4 Å². The first-order valence-electron chi connectivity index (χ1n) is 7.51. The van der Waals surface area contributed by atoms with Gasteiger partial charge >= 0.3 is 0 Å². The van der Waals surface area contributed by atoms with Gasteiger partial charge in [0.1, 0.15) is 0 Å². The highest BCUT2D eigenvalue weighted by atomic mass is 19.1. The molecule has 21 heavy (non-hydrogen) atoms. The number of nitrogens with zero attached hydrogens (tertiary/aromatic N) is 1. The molecule has 5 nitrogen and oxygen atoms in total. The van der Waals surface area contributed by atoms with Crippen LogP contribution < -0.4 is 16.6 Å². The third kappa shape index (κ3) is 4.14. The van der Waals surface area contributed by atoms with E-state index in [4.69, 9.17) is 5.84 Å². The van der Waals surface area contributed by atoms with Gasteiger partial charge in [0.05, 0.1) is 5.56 Å². The molecule has 0 spiro atoms. The van der Waals surface area contributed by atoms with Crippen LogP contribution in [0.3, 0.4) is 0 Å². The maximum Gasteiger partial charge on any atom is 0.254 e. The van der Waals surface area contributed by atoms with Crippen molar-refractivity contribution in [3.63, 3.8) is 0 Å². The molecule has 4 N–H and O–H groups in total. The first kappa shape index (κ1) is 15.7. The van der Waals surface area contributed by atoms with Crippen LogP contribution in [0, 0.1) is 17.7 Å². The van der Waals surface area contributed by atoms with Crippen molar-refractivity contribution in [2.24, 2.45) is 17.7 Å². The predicted octanol–water partition coefficient (Wildman–Crippen LogP) is 2.45. The Hall–Kier alpha value is -1.69. The number of carbonyl (C=O) groups is 1. The van der Waals surface area contributed by atoms with Crippen LogP contribution in [0.4, 0.5) is 10.2 Å². The van der Waals surface area contributed by atoms with Crippen LogP contribution in [0.2, 0.25) is 0 Å². The first-order valence-corrected chi connectivity index (χ1v) is 7.51. The summed E-state index contributed by atoms with van der Waals surface area (Å²) >= 11 is 0. The van der Waals surface area contributed by atoms with E-state index in [2.05, 4.69) is 22.7 Å². The lowest BCUT2D eigenvalue weighted by Crippen LogP contribution is -2.28. The van der Waals surface area contributed by atoms with Crippen molar-refractivity contribution < 1.29 is 9.18 Å². The number of aromatic nitrogens is 1. The van der Waals surface area contributed by atoms with E-state index in [1.165, 1.54) is 37.9 Å². The number of hydrogen-bond acceptors (Lipinski definition) is 4. The minimum atomic E-state index is -0.719. The van der Waals surface area contributed by atoms with Crippen molar-refractivity contribution in [1.82, 2.24) is 10.3 Å². The number of rotatable bonds is 5. The van der Waals surface area contributed by atoms with Gasteiger partial charge in [0.15, 0.2) is 11.6 Å². The quantitative estimate of drug-likeness (QED) is 0.575. The van der Waals surface area contributed by atoms with E-state index in [0.717, 1.165) is 12.3 Å². The number of halogens is 1. The zero-order valence-electron chi connectivity index (χ0n) is 12.4. The van der Waals surface area contributed by atoms with Gasteiger partial charge < -0.3 is 10.7 Å². The number of nitrogens with one attached hydrogen (secondary N) is 2. The van der Waals surface area contributed by atoms with Crippen LogP contribution in [0.25, 0.3) is 0 Å². The molecule has 2 rings (SSSR count). The summed E-state index contributed by atoms with van der Waals surface area (Å²) in [7, 11) is 0. The summed E-state index contributed by atoms with van der Waals surface area (Å²) in [5.74, 6) is 5.32. The molecule has 1 amide bonds. The van der Waals surface area contributed by atoms with E-state index in [1.54, 1.807) is 0 Å². The van der Waals surface area contributed by atoms with Gasteiger partial charge in [-0.3, -0.25) is 4.79 Å². The molecule has 1 aromatic heterocycles. The second-order valence-corrected chi connectivity index (χ2v) is 5.85. The maximum atomic E-state index is 13.9. The SMILES string of the molecule is CC1CCCC(CCNC(=O)c2ccnc(NN)c2F)C1. The fraction of sp³-hybridized carbons (Fsp3) is 0.600. The van der Waals surface area contributed by atoms with Crippen LogP contribution in [-0.4, -0.2) is 17.4 Å². The smallest absolute Gasteiger partial charge is 0.254 e. The number of anilines is 1. The molecule has 0 bridgehead atoms. The number of pyridine rings is 1. The first-order chi connectivity index (χ1) is 10.1. The van der Waals surface area contributed by atoms with Crippen molar-refractivity contribution >= 4 is 11.7 Å². The maximum absolute atomic E-state index is 13.9. The molecule has 1 fully saturated rings. The predicted molar refractivity (Wildman–Crippen MR) is 80.1 cm³/mol. The van der Waals surface area contributed by atoms with Crippen molar-refractivity contribution in [2.75, 3.05) is 12.0 Å². The Bertz CT molecular complexity index is 495. The van der Waals surface area contributed by atoms with Gasteiger partial charge in [-0.25, -0.2) is 15.2 Å². The Kier molecular flexibility index (Phi) is 5.50. The van der Waals surface area contributed by atoms with Gasteiger partial charge in [-0.05, 0) is 30.7 Å². The van der Waals surface area contributed by atoms with Crippen molar-refractivity contribution in [1.29, 1.82) is 0 Å². The van der Waals surface area contributed by atoms with Crippen LogP contribution in [0.15, 0.2) is 12.3 Å². The van der Waals surface area contributed by atoms with Gasteiger partial charge in [0.2, 0.25) is 0 Å². The Morgan fingerprint density at radius 2 is 2.33 bits per heavy atom. The largest absolute Gasteiger partial charge is 0.352 e. The van der Waals surface area contributed by atoms with E-state index in [1.807, 2.05) is 0 Å². The minimum Gasteiger partial charge on any atom is -0.352 e. The lowest BCUT2D eigenvalue weighted by Gasteiger charge is -2.26. The molecule has 2 unspecified atom stereocenters. The molecule has 0 aliphatic heterocycles. The number of nitrogens with two attached hydrogens (primary N) is 1. The van der Waals surface area contributed by atoms with Crippen molar-refractivity contribution in [2.45, 2.75) is 39.0 Å². The summed E-state index contributed by atoms with van der Waals surface area (Å²) in [4.78, 5) is 15.7. The average molecular weight is 294 g/mol. The van der Waals surface area contributed by atoms with Gasteiger partial charge in [0, 0.05) is 12.7 Å². The summed E-state index contributed by atoms with van der Waals surface area (Å²) < 4.78 is 13.9. The third-order valence-electron chi connectivity index (χ3n) is 4.15. The molecule has 1 saturated carbocycles. The molecule has 1 aliphatic carbocycles. The number of amides is 1. The normalized spacial score (nSPS) is 21.9. The van der Waals surface area contributed by atoms with Gasteiger partial charge in [-0.2, -0.15) is 0 Å². The fourth-order valence-electron chi connectivity index (χ4n) is 3.03. The Morgan fingerprint density at radius 1 is 1.52 bits per heavy atom. The standard InChI is InChI=1S/C15H23FN4O/c1-10-3-2-4-11(9-10)5-7-19-15(21)12-6-8-18-14(20-17)13(12)16/h6,8,10-11H,2-5,7,9,17H2,1H3,(H,18,20)(H,19,21). The van der Waals surface area contributed by atoms with Gasteiger partial charge in [-0.1, -0.05) is 26.2 Å². The van der Waals surface area contributed by atoms with E-state index in [9.17, 15) is 9.18 Å². The summed E-state index contributed by atoms with van der Waals surface area (Å²) in [6, 6.07) is 1.36. The molecule has 6 heteroatoms. The van der Waals surface area contributed by atoms with E-state index >= 15 is 0 Å². The summed E-state index contributed by atoms with van der Waals surface area (Å²) in [5.41, 5.74) is 2.10. The van der Waals surface area contributed by atoms with Crippen molar-refractivity contribution in [3.8, 4) is 0 Å². The second kappa shape index (κ2) is 7.36. The molecule has 1 aliphatic rings. The zero-order chi connectivity index (χ0) is 15.2. The zero-order valence-corrected chi connectivity index (χ0v) is 12.4. The summed E-state index contributed by atoms with van der Waals surface area (Å²) in [5, 5.41) is 2.78. The lowest BCUT2D eigenvalue weighted by molar-refractivity contribution is 0.0945. The summed E-state index contributed by atoms with van der Waals surface area (Å²) in [6.45, 7) is 2.85. The molecule has 0 aromatic carbocycles. The molecule has 1 heterocycles. The molecule has 1 aromatic rings. The average Bonchev–Trinajstić information content (AvgIpc) is 2.47. The van der Waals surface area contributed by atoms with Crippen LogP contribution in [0.5, 0.6) is 0 Å². The molecule has 0 radical (unpaired) electrons. The van der Waals surface area contributed by atoms with Gasteiger partial charge in [-0.15, -0.1) is 0 Å².